The van der Waals surface area contributed by atoms with E-state index in [0.717, 1.165) is 6.47 Å². The molecule has 1 radical (unpaired) electrons. The van der Waals surface area contributed by atoms with Crippen LogP contribution >= 0.6 is 0 Å². The van der Waals surface area contributed by atoms with Crippen LogP contribution in [0.5, 0.6) is 0 Å². The third-order valence-corrected chi connectivity index (χ3v) is 2.16. The van der Waals surface area contributed by atoms with Gasteiger partial charge in [0.1, 0.15) is 0 Å². The average Bonchev–Trinajstić information content (AvgIpc) is 1.87. The standard InChI is InChI=1S/C5H9O5S/c1-2-3-11(7,8)10-5-9-4-6/h2-3,5H2,1H3. The van der Waals surface area contributed by atoms with Gasteiger partial charge in [-0.15, -0.1) is 0 Å². The third kappa shape index (κ3) is 5.81. The highest BCUT2D eigenvalue weighted by molar-refractivity contribution is 7.86. The Balaban J connectivity index is 3.64. The number of carbonyl (C=O) groups excluding carboxylic acids is 1. The molecular formula is C5H9O5S. The minimum atomic E-state index is -3.51. The van der Waals surface area contributed by atoms with Crippen LogP contribution in [-0.4, -0.2) is 27.4 Å². The number of hydrogen-bond acceptors (Lipinski definition) is 5. The fourth-order valence-electron chi connectivity index (χ4n) is 0.430. The molecule has 0 atom stereocenters. The highest BCUT2D eigenvalue weighted by Crippen LogP contribution is 1.94. The predicted molar refractivity (Wildman–Crippen MR) is 36.8 cm³/mol. The Morgan fingerprint density at radius 1 is 1.45 bits per heavy atom. The zero-order valence-corrected chi connectivity index (χ0v) is 6.89. The van der Waals surface area contributed by atoms with E-state index in [1.54, 1.807) is 6.92 Å². The molecule has 0 heterocycles. The summed E-state index contributed by atoms with van der Waals surface area (Å²) in [6.45, 7) is 2.15. The predicted octanol–water partition coefficient (Wildman–Crippen LogP) is -0.216. The Kier molecular flexibility index (Phi) is 4.80. The summed E-state index contributed by atoms with van der Waals surface area (Å²) in [4.78, 5) is 9.43. The second kappa shape index (κ2) is 5.09. The van der Waals surface area contributed by atoms with Crippen molar-refractivity contribution in [1.82, 2.24) is 0 Å². The maximum absolute atomic E-state index is 10.7. The van der Waals surface area contributed by atoms with Gasteiger partial charge < -0.3 is 4.74 Å². The van der Waals surface area contributed by atoms with Crippen LogP contribution in [0.2, 0.25) is 0 Å². The van der Waals surface area contributed by atoms with Crippen LogP contribution in [0.25, 0.3) is 0 Å². The topological polar surface area (TPSA) is 69.7 Å². The summed E-state index contributed by atoms with van der Waals surface area (Å²) in [5, 5.41) is 0. The molecule has 6 heteroatoms. The molecule has 65 valence electrons. The van der Waals surface area contributed by atoms with Gasteiger partial charge in [0.15, 0.2) is 0 Å². The van der Waals surface area contributed by atoms with Crippen LogP contribution in [-0.2, 0) is 23.8 Å². The van der Waals surface area contributed by atoms with Crippen LogP contribution in [0.1, 0.15) is 13.3 Å². The lowest BCUT2D eigenvalue weighted by Gasteiger charge is -2.00. The molecule has 0 aliphatic carbocycles. The quantitative estimate of drug-likeness (QED) is 0.322. The molecule has 0 unspecified atom stereocenters. The molecule has 0 spiro atoms. The van der Waals surface area contributed by atoms with E-state index in [2.05, 4.69) is 8.92 Å². The van der Waals surface area contributed by atoms with Gasteiger partial charge in [0, 0.05) is 0 Å². The molecule has 0 saturated carbocycles. The molecule has 0 aliphatic heterocycles. The number of hydrogen-bond donors (Lipinski definition) is 0. The monoisotopic (exact) mass is 181 g/mol. The van der Waals surface area contributed by atoms with Gasteiger partial charge in [-0.05, 0) is 6.42 Å². The number of rotatable bonds is 6. The zero-order valence-electron chi connectivity index (χ0n) is 6.07. The Morgan fingerprint density at radius 3 is 2.55 bits per heavy atom. The summed E-state index contributed by atoms with van der Waals surface area (Å²) < 4.78 is 29.5. The molecule has 0 rings (SSSR count). The Hall–Kier alpha value is -0.620. The van der Waals surface area contributed by atoms with Gasteiger partial charge in [-0.2, -0.15) is 8.42 Å². The van der Waals surface area contributed by atoms with Gasteiger partial charge in [-0.25, -0.2) is 8.98 Å². The van der Waals surface area contributed by atoms with E-state index in [9.17, 15) is 13.2 Å². The van der Waals surface area contributed by atoms with Gasteiger partial charge in [-0.1, -0.05) is 6.92 Å². The highest BCUT2D eigenvalue weighted by Gasteiger charge is 2.08. The van der Waals surface area contributed by atoms with Crippen LogP contribution in [0.15, 0.2) is 0 Å². The summed E-state index contributed by atoms with van der Waals surface area (Å²) in [5.74, 6) is -0.0742. The van der Waals surface area contributed by atoms with Crippen LogP contribution in [0, 0.1) is 0 Å². The summed E-state index contributed by atoms with van der Waals surface area (Å²) in [5.41, 5.74) is 0. The molecule has 0 bridgehead atoms. The summed E-state index contributed by atoms with van der Waals surface area (Å²) >= 11 is 0. The second-order valence-corrected chi connectivity index (χ2v) is 3.48. The van der Waals surface area contributed by atoms with Crippen LogP contribution in [0.4, 0.5) is 0 Å². The van der Waals surface area contributed by atoms with Crippen molar-refractivity contribution < 1.29 is 22.1 Å². The van der Waals surface area contributed by atoms with Gasteiger partial charge >= 0.3 is 6.47 Å². The summed E-state index contributed by atoms with van der Waals surface area (Å²) in [6.07, 6.45) is 0.465. The van der Waals surface area contributed by atoms with Crippen molar-refractivity contribution in [3.63, 3.8) is 0 Å². The molecule has 0 aromatic heterocycles. The SMILES string of the molecule is CCCS(=O)(=O)OCO[C]=O. The van der Waals surface area contributed by atoms with Crippen molar-refractivity contribution in [2.75, 3.05) is 12.5 Å². The smallest absolute Gasteiger partial charge is 0.419 e. The Morgan fingerprint density at radius 2 is 2.09 bits per heavy atom. The first kappa shape index (κ1) is 10.4. The van der Waals surface area contributed by atoms with E-state index in [4.69, 9.17) is 0 Å². The van der Waals surface area contributed by atoms with Crippen molar-refractivity contribution >= 4 is 16.6 Å². The fraction of sp³-hybridized carbons (Fsp3) is 0.800. The van der Waals surface area contributed by atoms with E-state index < -0.39 is 16.9 Å². The van der Waals surface area contributed by atoms with E-state index in [1.807, 2.05) is 0 Å². The van der Waals surface area contributed by atoms with Gasteiger partial charge in [0.05, 0.1) is 5.75 Å². The molecule has 0 aromatic rings. The average molecular weight is 181 g/mol. The van der Waals surface area contributed by atoms with Crippen molar-refractivity contribution in [1.29, 1.82) is 0 Å². The lowest BCUT2D eigenvalue weighted by molar-refractivity contribution is 0.110. The molecule has 5 nitrogen and oxygen atoms in total. The molecule has 0 saturated heterocycles. The van der Waals surface area contributed by atoms with E-state index in [1.165, 1.54) is 0 Å². The fourth-order valence-corrected chi connectivity index (χ4v) is 1.24. The van der Waals surface area contributed by atoms with Gasteiger partial charge in [0.2, 0.25) is 6.79 Å². The minimum Gasteiger partial charge on any atom is -0.429 e. The highest BCUT2D eigenvalue weighted by atomic mass is 32.2. The van der Waals surface area contributed by atoms with Crippen molar-refractivity contribution in [2.24, 2.45) is 0 Å². The summed E-state index contributed by atoms with van der Waals surface area (Å²) in [7, 11) is -3.51. The van der Waals surface area contributed by atoms with Crippen molar-refractivity contribution in [3.05, 3.63) is 0 Å². The van der Waals surface area contributed by atoms with Gasteiger partial charge in [-0.3, -0.25) is 0 Å². The maximum atomic E-state index is 10.7. The first-order valence-corrected chi connectivity index (χ1v) is 4.56. The third-order valence-electron chi connectivity index (χ3n) is 0.800. The zero-order chi connectivity index (χ0) is 8.74. The molecule has 0 N–H and O–H groups in total. The first-order chi connectivity index (χ1) is 5.12. The molecule has 11 heavy (non-hydrogen) atoms. The van der Waals surface area contributed by atoms with Crippen LogP contribution < -0.4 is 0 Å². The van der Waals surface area contributed by atoms with Crippen LogP contribution in [0.3, 0.4) is 0 Å². The lowest BCUT2D eigenvalue weighted by atomic mass is 10.6. The second-order valence-electron chi connectivity index (χ2n) is 1.73. The molecule has 0 aromatic carbocycles. The number of ether oxygens (including phenoxy) is 1. The first-order valence-electron chi connectivity index (χ1n) is 2.98. The van der Waals surface area contributed by atoms with Gasteiger partial charge in [0.25, 0.3) is 10.1 Å². The van der Waals surface area contributed by atoms with Crippen molar-refractivity contribution in [2.45, 2.75) is 13.3 Å². The van der Waals surface area contributed by atoms with E-state index >= 15 is 0 Å². The van der Waals surface area contributed by atoms with E-state index in [-0.39, 0.29) is 5.75 Å². The minimum absolute atomic E-state index is 0.0742. The normalized spacial score (nSPS) is 11.0. The largest absolute Gasteiger partial charge is 0.429 e. The molecule has 0 amide bonds. The molecule has 0 fully saturated rings. The Bertz CT molecular complexity index is 195. The van der Waals surface area contributed by atoms with Crippen molar-refractivity contribution in [3.8, 4) is 0 Å². The lowest BCUT2D eigenvalue weighted by Crippen LogP contribution is -2.12. The van der Waals surface area contributed by atoms with E-state index in [0.29, 0.717) is 6.42 Å². The molecular weight excluding hydrogens is 172 g/mol. The summed E-state index contributed by atoms with van der Waals surface area (Å²) in [6, 6.07) is 0. The maximum Gasteiger partial charge on any atom is 0.419 e. The molecule has 0 aliphatic rings. The Labute approximate surface area is 65.4 Å².